The molecular weight excluding hydrogens is 370 g/mol. The number of aryl methyl sites for hydroxylation is 1. The van der Waals surface area contributed by atoms with E-state index in [0.29, 0.717) is 19.6 Å². The van der Waals surface area contributed by atoms with E-state index < -0.39 is 17.4 Å². The topological polar surface area (TPSA) is 79.0 Å². The third-order valence-electron chi connectivity index (χ3n) is 7.32. The zero-order valence-corrected chi connectivity index (χ0v) is 16.9. The van der Waals surface area contributed by atoms with Crippen LogP contribution in [0.15, 0.2) is 18.2 Å². The first-order valence-corrected chi connectivity index (χ1v) is 10.6. The Morgan fingerprint density at radius 2 is 2.07 bits per heavy atom. The fourth-order valence-corrected chi connectivity index (χ4v) is 6.23. The Kier molecular flexibility index (Phi) is 4.29. The lowest BCUT2D eigenvalue weighted by atomic mass is 9.75. The van der Waals surface area contributed by atoms with Gasteiger partial charge in [-0.25, -0.2) is 0 Å². The number of nitrogens with one attached hydrogen (secondary N) is 1. The predicted molar refractivity (Wildman–Crippen MR) is 106 cm³/mol. The SMILES string of the molecule is CCc1cccc2c1NC(=O)[C@@]21[C@@H]2C(=O)N(CCCOC)C(=O)[C@@H]2[C@@H]2CCCN21. The van der Waals surface area contributed by atoms with E-state index >= 15 is 0 Å². The Morgan fingerprint density at radius 1 is 1.24 bits per heavy atom. The van der Waals surface area contributed by atoms with Gasteiger partial charge in [-0.2, -0.15) is 0 Å². The zero-order valence-electron chi connectivity index (χ0n) is 16.9. The van der Waals surface area contributed by atoms with Gasteiger partial charge in [-0.05, 0) is 37.8 Å². The molecule has 1 aromatic carbocycles. The summed E-state index contributed by atoms with van der Waals surface area (Å²) in [5, 5.41) is 3.09. The maximum absolute atomic E-state index is 13.6. The zero-order chi connectivity index (χ0) is 20.3. The Bertz CT molecular complexity index is 900. The van der Waals surface area contributed by atoms with E-state index in [1.165, 1.54) is 4.90 Å². The number of amides is 3. The van der Waals surface area contributed by atoms with Crippen LogP contribution in [-0.4, -0.2) is 60.4 Å². The summed E-state index contributed by atoms with van der Waals surface area (Å²) in [5.41, 5.74) is 1.72. The summed E-state index contributed by atoms with van der Waals surface area (Å²) >= 11 is 0. The second-order valence-electron chi connectivity index (χ2n) is 8.49. The van der Waals surface area contributed by atoms with Gasteiger partial charge in [0.15, 0.2) is 0 Å². The summed E-state index contributed by atoms with van der Waals surface area (Å²) in [5.74, 6) is -1.54. The van der Waals surface area contributed by atoms with Gasteiger partial charge in [-0.1, -0.05) is 25.1 Å². The van der Waals surface area contributed by atoms with Gasteiger partial charge in [0.05, 0.1) is 11.8 Å². The Morgan fingerprint density at radius 3 is 2.83 bits per heavy atom. The molecule has 7 nitrogen and oxygen atoms in total. The number of carbonyl (C=O) groups is 3. The Hall–Kier alpha value is -2.25. The van der Waals surface area contributed by atoms with E-state index in [9.17, 15) is 14.4 Å². The molecule has 4 heterocycles. The number of nitrogens with zero attached hydrogens (tertiary/aromatic N) is 2. The average molecular weight is 397 g/mol. The highest BCUT2D eigenvalue weighted by Gasteiger charge is 2.74. The number of anilines is 1. The number of imide groups is 1. The van der Waals surface area contributed by atoms with Crippen molar-refractivity contribution < 1.29 is 19.1 Å². The first kappa shape index (κ1) is 18.8. The molecule has 5 rings (SSSR count). The third kappa shape index (κ3) is 2.23. The van der Waals surface area contributed by atoms with E-state index in [2.05, 4.69) is 17.1 Å². The van der Waals surface area contributed by atoms with Crippen LogP contribution < -0.4 is 5.32 Å². The van der Waals surface area contributed by atoms with E-state index in [0.717, 1.165) is 42.6 Å². The molecule has 3 saturated heterocycles. The van der Waals surface area contributed by atoms with Gasteiger partial charge >= 0.3 is 0 Å². The van der Waals surface area contributed by atoms with Crippen molar-refractivity contribution in [3.63, 3.8) is 0 Å². The number of methoxy groups -OCH3 is 1. The van der Waals surface area contributed by atoms with Crippen LogP contribution in [0.1, 0.15) is 37.3 Å². The van der Waals surface area contributed by atoms with Gasteiger partial charge in [0.25, 0.3) is 0 Å². The minimum absolute atomic E-state index is 0.0501. The van der Waals surface area contributed by atoms with Gasteiger partial charge in [0.1, 0.15) is 5.54 Å². The number of fused-ring (bicyclic) bond motifs is 7. The van der Waals surface area contributed by atoms with Crippen LogP contribution in [0.3, 0.4) is 0 Å². The van der Waals surface area contributed by atoms with Crippen molar-refractivity contribution in [2.45, 2.75) is 44.2 Å². The van der Waals surface area contributed by atoms with Gasteiger partial charge in [-0.3, -0.25) is 24.2 Å². The smallest absolute Gasteiger partial charge is 0.250 e. The Balaban J connectivity index is 1.64. The number of carbonyl (C=O) groups excluding carboxylic acids is 3. The number of benzene rings is 1. The molecule has 1 aromatic rings. The number of hydrogen-bond acceptors (Lipinski definition) is 5. The number of hydrogen-bond donors (Lipinski definition) is 1. The lowest BCUT2D eigenvalue weighted by Gasteiger charge is -2.36. The minimum Gasteiger partial charge on any atom is -0.385 e. The Labute approximate surface area is 170 Å². The number of para-hydroxylation sites is 1. The fraction of sp³-hybridized carbons (Fsp3) is 0.591. The van der Waals surface area contributed by atoms with E-state index in [1.807, 2.05) is 18.2 Å². The summed E-state index contributed by atoms with van der Waals surface area (Å²) in [6, 6.07) is 5.90. The molecule has 4 atom stereocenters. The highest BCUT2D eigenvalue weighted by atomic mass is 16.5. The van der Waals surface area contributed by atoms with Crippen molar-refractivity contribution in [3.8, 4) is 0 Å². The van der Waals surface area contributed by atoms with Crippen LogP contribution in [0.5, 0.6) is 0 Å². The standard InChI is InChI=1S/C22H27N3O4/c1-3-13-7-4-8-14-18(13)23-21(28)22(14)17-16(15-9-5-11-25(15)22)19(26)24(20(17)27)10-6-12-29-2/h4,7-8,15-17H,3,5-6,9-12H2,1-2H3,(H,23,28)/t15-,16+,17-,22-/m0/s1. The highest BCUT2D eigenvalue weighted by molar-refractivity contribution is 6.15. The monoisotopic (exact) mass is 397 g/mol. The molecule has 0 aliphatic carbocycles. The van der Waals surface area contributed by atoms with Crippen molar-refractivity contribution in [2.75, 3.05) is 32.1 Å². The van der Waals surface area contributed by atoms with Gasteiger partial charge in [0, 0.05) is 37.6 Å². The fourth-order valence-electron chi connectivity index (χ4n) is 6.23. The summed E-state index contributed by atoms with van der Waals surface area (Å²) in [6.07, 6.45) is 3.20. The molecule has 4 aliphatic heterocycles. The molecule has 3 amide bonds. The molecule has 0 aromatic heterocycles. The maximum Gasteiger partial charge on any atom is 0.250 e. The molecule has 4 aliphatic rings. The number of ether oxygens (including phenoxy) is 1. The molecule has 7 heteroatoms. The van der Waals surface area contributed by atoms with Crippen molar-refractivity contribution in [2.24, 2.45) is 11.8 Å². The summed E-state index contributed by atoms with van der Waals surface area (Å²) in [4.78, 5) is 44.0. The van der Waals surface area contributed by atoms with Crippen LogP contribution in [0.4, 0.5) is 5.69 Å². The second-order valence-corrected chi connectivity index (χ2v) is 8.49. The molecule has 0 radical (unpaired) electrons. The molecule has 1 N–H and O–H groups in total. The molecule has 29 heavy (non-hydrogen) atoms. The molecule has 154 valence electrons. The van der Waals surface area contributed by atoms with Crippen molar-refractivity contribution in [1.29, 1.82) is 0 Å². The maximum atomic E-state index is 13.6. The lowest BCUT2D eigenvalue weighted by molar-refractivity contribution is -0.145. The quantitative estimate of drug-likeness (QED) is 0.602. The first-order valence-electron chi connectivity index (χ1n) is 10.6. The summed E-state index contributed by atoms with van der Waals surface area (Å²) < 4.78 is 5.10. The number of likely N-dealkylation sites (tertiary alicyclic amines) is 1. The second kappa shape index (κ2) is 6.64. The van der Waals surface area contributed by atoms with Crippen LogP contribution in [0.25, 0.3) is 0 Å². The first-order chi connectivity index (χ1) is 14.1. The van der Waals surface area contributed by atoms with Gasteiger partial charge < -0.3 is 10.1 Å². The van der Waals surface area contributed by atoms with E-state index in [4.69, 9.17) is 4.74 Å². The van der Waals surface area contributed by atoms with Crippen LogP contribution in [0.2, 0.25) is 0 Å². The molecule has 0 unspecified atom stereocenters. The molecule has 3 fully saturated rings. The van der Waals surface area contributed by atoms with Crippen LogP contribution in [-0.2, 0) is 31.1 Å². The van der Waals surface area contributed by atoms with Gasteiger partial charge in [-0.15, -0.1) is 0 Å². The largest absolute Gasteiger partial charge is 0.385 e. The van der Waals surface area contributed by atoms with Crippen molar-refractivity contribution in [1.82, 2.24) is 9.80 Å². The van der Waals surface area contributed by atoms with Crippen LogP contribution >= 0.6 is 0 Å². The average Bonchev–Trinajstić information content (AvgIpc) is 3.42. The third-order valence-corrected chi connectivity index (χ3v) is 7.32. The summed E-state index contributed by atoms with van der Waals surface area (Å²) in [6.45, 7) is 3.65. The molecule has 0 bridgehead atoms. The van der Waals surface area contributed by atoms with Crippen molar-refractivity contribution >= 4 is 23.4 Å². The summed E-state index contributed by atoms with van der Waals surface area (Å²) in [7, 11) is 1.61. The normalized spacial score (nSPS) is 32.8. The lowest BCUT2D eigenvalue weighted by Crippen LogP contribution is -2.54. The van der Waals surface area contributed by atoms with Crippen LogP contribution in [0, 0.1) is 11.8 Å². The number of rotatable bonds is 5. The van der Waals surface area contributed by atoms with E-state index in [-0.39, 0.29) is 23.8 Å². The minimum atomic E-state index is -1.06. The van der Waals surface area contributed by atoms with E-state index in [1.54, 1.807) is 7.11 Å². The molecule has 1 spiro atoms. The predicted octanol–water partition coefficient (Wildman–Crippen LogP) is 1.51. The molecular formula is C22H27N3O4. The van der Waals surface area contributed by atoms with Crippen molar-refractivity contribution in [3.05, 3.63) is 29.3 Å². The molecule has 0 saturated carbocycles. The highest BCUT2D eigenvalue weighted by Crippen LogP contribution is 2.60. The van der Waals surface area contributed by atoms with Gasteiger partial charge in [0.2, 0.25) is 17.7 Å².